The highest BCUT2D eigenvalue weighted by molar-refractivity contribution is 7.17. The molecule has 3 rings (SSSR count). The fourth-order valence-electron chi connectivity index (χ4n) is 3.03. The number of esters is 1. The highest BCUT2D eigenvalue weighted by Crippen LogP contribution is 2.38. The van der Waals surface area contributed by atoms with E-state index >= 15 is 0 Å². The molecule has 1 heterocycles. The van der Waals surface area contributed by atoms with E-state index in [1.54, 1.807) is 31.4 Å². The van der Waals surface area contributed by atoms with Crippen molar-refractivity contribution in [3.8, 4) is 0 Å². The Kier molecular flexibility index (Phi) is 5.88. The Morgan fingerprint density at radius 3 is 2.59 bits per heavy atom. The summed E-state index contributed by atoms with van der Waals surface area (Å²) in [4.78, 5) is 37.0. The Morgan fingerprint density at radius 2 is 1.93 bits per heavy atom. The quantitative estimate of drug-likeness (QED) is 0.708. The molecule has 7 nitrogen and oxygen atoms in total. The van der Waals surface area contributed by atoms with Crippen LogP contribution in [0.1, 0.15) is 43.1 Å². The number of carbonyl (C=O) groups is 3. The van der Waals surface area contributed by atoms with E-state index < -0.39 is 24.4 Å². The van der Waals surface area contributed by atoms with Gasteiger partial charge in [0.2, 0.25) is 0 Å². The number of amides is 2. The van der Waals surface area contributed by atoms with Crippen LogP contribution in [0.3, 0.4) is 0 Å². The van der Waals surface area contributed by atoms with Gasteiger partial charge < -0.3 is 20.5 Å². The summed E-state index contributed by atoms with van der Waals surface area (Å²) >= 11 is 1.36. The number of anilines is 1. The Hall–Kier alpha value is -2.71. The van der Waals surface area contributed by atoms with Gasteiger partial charge in [-0.05, 0) is 42.5 Å². The van der Waals surface area contributed by atoms with Gasteiger partial charge in [-0.3, -0.25) is 9.59 Å². The van der Waals surface area contributed by atoms with Crippen LogP contribution in [0.15, 0.2) is 24.3 Å². The molecular formula is C19H20N2O5S. The number of aryl methyl sites for hydroxylation is 1. The number of nitrogens with one attached hydrogen (secondary N) is 1. The molecule has 1 aliphatic carbocycles. The summed E-state index contributed by atoms with van der Waals surface area (Å²) in [6.07, 6.45) is 2.65. The molecule has 0 bridgehead atoms. The van der Waals surface area contributed by atoms with Crippen molar-refractivity contribution in [2.75, 3.05) is 19.0 Å². The highest BCUT2D eigenvalue weighted by Gasteiger charge is 2.26. The van der Waals surface area contributed by atoms with Crippen molar-refractivity contribution in [3.05, 3.63) is 51.4 Å². The molecule has 2 aromatic rings. The predicted molar refractivity (Wildman–Crippen MR) is 101 cm³/mol. The summed E-state index contributed by atoms with van der Waals surface area (Å²) in [6, 6.07) is 6.74. The van der Waals surface area contributed by atoms with E-state index in [0.29, 0.717) is 22.7 Å². The maximum absolute atomic E-state index is 12.1. The molecule has 3 N–H and O–H groups in total. The first-order valence-corrected chi connectivity index (χ1v) is 9.30. The number of nitrogens with two attached hydrogens (primary N) is 1. The van der Waals surface area contributed by atoms with E-state index in [2.05, 4.69) is 5.32 Å². The highest BCUT2D eigenvalue weighted by atomic mass is 32.1. The average molecular weight is 388 g/mol. The van der Waals surface area contributed by atoms with Gasteiger partial charge in [-0.2, -0.15) is 0 Å². The molecule has 0 spiro atoms. The molecule has 1 aromatic carbocycles. The van der Waals surface area contributed by atoms with Gasteiger partial charge in [0.25, 0.3) is 11.8 Å². The molecular weight excluding hydrogens is 368 g/mol. The van der Waals surface area contributed by atoms with Crippen molar-refractivity contribution >= 4 is 34.1 Å². The number of primary amides is 1. The summed E-state index contributed by atoms with van der Waals surface area (Å²) in [7, 11) is 1.59. The zero-order chi connectivity index (χ0) is 19.4. The largest absolute Gasteiger partial charge is 0.452 e. The first kappa shape index (κ1) is 19.1. The Bertz CT molecular complexity index is 873. The number of carbonyl (C=O) groups excluding carboxylic acids is 3. The summed E-state index contributed by atoms with van der Waals surface area (Å²) < 4.78 is 10.1. The first-order valence-electron chi connectivity index (χ1n) is 8.48. The lowest BCUT2D eigenvalue weighted by Crippen LogP contribution is -2.22. The Morgan fingerprint density at radius 1 is 1.19 bits per heavy atom. The molecule has 0 fully saturated rings. The van der Waals surface area contributed by atoms with Gasteiger partial charge in [-0.1, -0.05) is 12.1 Å². The van der Waals surface area contributed by atoms with Crippen molar-refractivity contribution in [1.82, 2.24) is 0 Å². The minimum atomic E-state index is -0.599. The molecule has 27 heavy (non-hydrogen) atoms. The van der Waals surface area contributed by atoms with E-state index in [9.17, 15) is 14.4 Å². The van der Waals surface area contributed by atoms with Gasteiger partial charge in [0.1, 0.15) is 5.00 Å². The van der Waals surface area contributed by atoms with Gasteiger partial charge in [-0.25, -0.2) is 4.79 Å². The van der Waals surface area contributed by atoms with Gasteiger partial charge >= 0.3 is 5.97 Å². The number of thiophene rings is 1. The number of benzene rings is 1. The number of fused-ring (bicyclic) bond motifs is 1. The van der Waals surface area contributed by atoms with Crippen LogP contribution < -0.4 is 11.1 Å². The third kappa shape index (κ3) is 4.35. The second-order valence-corrected chi connectivity index (χ2v) is 7.29. The van der Waals surface area contributed by atoms with Crippen LogP contribution in [0.2, 0.25) is 0 Å². The van der Waals surface area contributed by atoms with Gasteiger partial charge in [0, 0.05) is 12.0 Å². The van der Waals surface area contributed by atoms with E-state index in [1.807, 2.05) is 0 Å². The average Bonchev–Trinajstić information content (AvgIpc) is 3.21. The minimum absolute atomic E-state index is 0.343. The monoisotopic (exact) mass is 388 g/mol. The predicted octanol–water partition coefficient (Wildman–Crippen LogP) is 2.28. The fourth-order valence-corrected chi connectivity index (χ4v) is 4.34. The van der Waals surface area contributed by atoms with Crippen LogP contribution >= 0.6 is 11.3 Å². The fraction of sp³-hybridized carbons (Fsp3) is 0.316. The lowest BCUT2D eigenvalue weighted by atomic mass is 10.1. The van der Waals surface area contributed by atoms with Crippen LogP contribution in [0.5, 0.6) is 0 Å². The summed E-state index contributed by atoms with van der Waals surface area (Å²) in [5.74, 6) is -1.67. The molecule has 0 aliphatic heterocycles. The van der Waals surface area contributed by atoms with E-state index in [0.717, 1.165) is 35.3 Å². The molecule has 142 valence electrons. The Labute approximate surface area is 160 Å². The lowest BCUT2D eigenvalue weighted by Gasteiger charge is -2.07. The van der Waals surface area contributed by atoms with Crippen molar-refractivity contribution in [3.63, 3.8) is 0 Å². The second-order valence-electron chi connectivity index (χ2n) is 6.18. The first-order chi connectivity index (χ1) is 13.0. The number of hydrogen-bond donors (Lipinski definition) is 2. The summed E-state index contributed by atoms with van der Waals surface area (Å²) in [5, 5.41) is 3.07. The molecule has 2 amide bonds. The molecule has 0 radical (unpaired) electrons. The van der Waals surface area contributed by atoms with Crippen molar-refractivity contribution in [1.29, 1.82) is 0 Å². The topological polar surface area (TPSA) is 108 Å². The minimum Gasteiger partial charge on any atom is -0.452 e. The number of rotatable bonds is 7. The van der Waals surface area contributed by atoms with Crippen molar-refractivity contribution in [2.45, 2.75) is 25.9 Å². The molecule has 0 saturated carbocycles. The van der Waals surface area contributed by atoms with Gasteiger partial charge in [-0.15, -0.1) is 11.3 Å². The number of ether oxygens (including phenoxy) is 2. The maximum atomic E-state index is 12.1. The molecule has 8 heteroatoms. The molecule has 1 aliphatic rings. The third-order valence-electron chi connectivity index (χ3n) is 4.26. The summed E-state index contributed by atoms with van der Waals surface area (Å²) in [5.41, 5.74) is 8.03. The smallest absolute Gasteiger partial charge is 0.338 e. The van der Waals surface area contributed by atoms with Crippen LogP contribution in [-0.4, -0.2) is 31.5 Å². The lowest BCUT2D eigenvalue weighted by molar-refractivity contribution is -0.119. The third-order valence-corrected chi connectivity index (χ3v) is 5.46. The van der Waals surface area contributed by atoms with Crippen LogP contribution in [0.4, 0.5) is 5.00 Å². The molecule has 0 saturated heterocycles. The number of hydrogen-bond acceptors (Lipinski definition) is 6. The molecule has 1 aromatic heterocycles. The number of methoxy groups -OCH3 is 1. The van der Waals surface area contributed by atoms with Crippen molar-refractivity contribution < 1.29 is 23.9 Å². The zero-order valence-electron chi connectivity index (χ0n) is 14.9. The van der Waals surface area contributed by atoms with Gasteiger partial charge in [0.15, 0.2) is 6.61 Å². The zero-order valence-corrected chi connectivity index (χ0v) is 15.7. The molecule has 0 unspecified atom stereocenters. The standard InChI is InChI=1S/C19H20N2O5S/c1-25-9-11-5-7-12(8-6-11)19(24)26-10-15(22)21-18-16(17(20)23)13-3-2-4-14(13)27-18/h5-8H,2-4,9-10H2,1H3,(H2,20,23)(H,21,22). The SMILES string of the molecule is COCc1ccc(C(=O)OCC(=O)Nc2sc3c(c2C(N)=O)CCC3)cc1. The van der Waals surface area contributed by atoms with Crippen LogP contribution in [-0.2, 0) is 33.7 Å². The maximum Gasteiger partial charge on any atom is 0.338 e. The van der Waals surface area contributed by atoms with Gasteiger partial charge in [0.05, 0.1) is 17.7 Å². The molecule has 0 atom stereocenters. The van der Waals surface area contributed by atoms with E-state index in [-0.39, 0.29) is 0 Å². The summed E-state index contributed by atoms with van der Waals surface area (Å²) in [6.45, 7) is 0.00411. The van der Waals surface area contributed by atoms with Crippen molar-refractivity contribution in [2.24, 2.45) is 5.73 Å². The Balaban J connectivity index is 1.58. The van der Waals surface area contributed by atoms with Crippen LogP contribution in [0.25, 0.3) is 0 Å². The van der Waals surface area contributed by atoms with Crippen LogP contribution in [0, 0.1) is 0 Å². The van der Waals surface area contributed by atoms with E-state index in [4.69, 9.17) is 15.2 Å². The second kappa shape index (κ2) is 8.32. The van der Waals surface area contributed by atoms with E-state index in [1.165, 1.54) is 11.3 Å². The normalized spacial score (nSPS) is 12.5.